The van der Waals surface area contributed by atoms with Crippen LogP contribution in [0.1, 0.15) is 33.6 Å². The molecule has 2 N–H and O–H groups in total. The molecule has 17 heavy (non-hydrogen) atoms. The Balaban J connectivity index is 2.95. The first-order valence-electron chi connectivity index (χ1n) is 6.37. The van der Waals surface area contributed by atoms with E-state index in [4.69, 9.17) is 5.73 Å². The number of sulfone groups is 1. The van der Waals surface area contributed by atoms with Gasteiger partial charge in [0.1, 0.15) is 0 Å². The van der Waals surface area contributed by atoms with Gasteiger partial charge in [0, 0.05) is 18.1 Å². The van der Waals surface area contributed by atoms with Gasteiger partial charge in [-0.05, 0) is 32.7 Å². The molecule has 0 aromatic carbocycles. The van der Waals surface area contributed by atoms with Gasteiger partial charge < -0.3 is 5.73 Å². The average Bonchev–Trinajstić information content (AvgIpc) is 2.25. The van der Waals surface area contributed by atoms with Crippen LogP contribution in [0.2, 0.25) is 0 Å². The van der Waals surface area contributed by atoms with Crippen molar-refractivity contribution in [2.45, 2.75) is 45.2 Å². The summed E-state index contributed by atoms with van der Waals surface area (Å²) in [5.74, 6) is 1.02. The summed E-state index contributed by atoms with van der Waals surface area (Å²) in [5, 5.41) is 0. The first-order valence-corrected chi connectivity index (χ1v) is 8.20. The van der Waals surface area contributed by atoms with E-state index in [0.717, 1.165) is 12.8 Å². The van der Waals surface area contributed by atoms with Crippen LogP contribution in [-0.4, -0.2) is 50.0 Å². The molecule has 102 valence electrons. The van der Waals surface area contributed by atoms with Crippen LogP contribution in [-0.2, 0) is 9.84 Å². The first kappa shape index (κ1) is 14.9. The maximum absolute atomic E-state index is 11.8. The molecule has 0 spiro atoms. The lowest BCUT2D eigenvalue weighted by Crippen LogP contribution is -2.61. The van der Waals surface area contributed by atoms with Gasteiger partial charge in [0.25, 0.3) is 0 Å². The predicted octanol–water partition coefficient (Wildman–Crippen LogP) is 0.869. The van der Waals surface area contributed by atoms with E-state index >= 15 is 0 Å². The highest BCUT2D eigenvalue weighted by molar-refractivity contribution is 7.91. The van der Waals surface area contributed by atoms with Crippen molar-refractivity contribution in [2.75, 3.05) is 25.1 Å². The van der Waals surface area contributed by atoms with Crippen molar-refractivity contribution in [1.82, 2.24) is 4.90 Å². The number of nitrogens with zero attached hydrogens (tertiary/aromatic N) is 1. The molecule has 1 fully saturated rings. The normalized spacial score (nSPS) is 30.8. The fourth-order valence-electron chi connectivity index (χ4n) is 2.64. The van der Waals surface area contributed by atoms with E-state index in [1.165, 1.54) is 0 Å². The number of nitrogens with two attached hydrogens (primary N) is 1. The molecule has 1 heterocycles. The molecule has 0 radical (unpaired) electrons. The van der Waals surface area contributed by atoms with Crippen LogP contribution in [0.25, 0.3) is 0 Å². The van der Waals surface area contributed by atoms with Gasteiger partial charge in [-0.3, -0.25) is 4.90 Å². The van der Waals surface area contributed by atoms with Gasteiger partial charge in [0.2, 0.25) is 0 Å². The highest BCUT2D eigenvalue weighted by Gasteiger charge is 2.42. The maximum atomic E-state index is 11.8. The van der Waals surface area contributed by atoms with Crippen LogP contribution >= 0.6 is 0 Å². The fourth-order valence-corrected chi connectivity index (χ4v) is 4.65. The molecule has 1 saturated heterocycles. The Kier molecular flexibility index (Phi) is 4.60. The molecule has 0 bridgehead atoms. The minimum absolute atomic E-state index is 0.212. The van der Waals surface area contributed by atoms with Crippen molar-refractivity contribution in [3.8, 4) is 0 Å². The molecule has 0 aromatic heterocycles. The van der Waals surface area contributed by atoms with Gasteiger partial charge >= 0.3 is 0 Å². The van der Waals surface area contributed by atoms with Crippen LogP contribution in [0.3, 0.4) is 0 Å². The van der Waals surface area contributed by atoms with E-state index in [-0.39, 0.29) is 11.3 Å². The largest absolute Gasteiger partial charge is 0.329 e. The molecule has 0 saturated carbocycles. The van der Waals surface area contributed by atoms with E-state index in [9.17, 15) is 8.42 Å². The Bertz CT molecular complexity index is 354. The summed E-state index contributed by atoms with van der Waals surface area (Å²) in [7, 11) is -0.916. The van der Waals surface area contributed by atoms with Gasteiger partial charge in [0.05, 0.1) is 11.5 Å². The SMILES string of the molecule is CC(C)C(C)N(C)C1(CN)CCCS(=O)(=O)C1. The van der Waals surface area contributed by atoms with Crippen molar-refractivity contribution >= 4 is 9.84 Å². The van der Waals surface area contributed by atoms with E-state index in [1.807, 2.05) is 7.05 Å². The van der Waals surface area contributed by atoms with Crippen molar-refractivity contribution < 1.29 is 8.42 Å². The van der Waals surface area contributed by atoms with Crippen molar-refractivity contribution in [1.29, 1.82) is 0 Å². The number of likely N-dealkylation sites (N-methyl/N-ethyl adjacent to an activating group) is 1. The van der Waals surface area contributed by atoms with Crippen LogP contribution in [0.15, 0.2) is 0 Å². The molecule has 1 rings (SSSR count). The monoisotopic (exact) mass is 262 g/mol. The molecule has 4 nitrogen and oxygen atoms in total. The summed E-state index contributed by atoms with van der Waals surface area (Å²) < 4.78 is 23.7. The minimum atomic E-state index is -2.93. The third kappa shape index (κ3) is 3.20. The molecule has 0 amide bonds. The molecular formula is C12H26N2O2S. The lowest BCUT2D eigenvalue weighted by molar-refractivity contribution is 0.0687. The lowest BCUT2D eigenvalue weighted by atomic mass is 9.90. The second-order valence-corrected chi connectivity index (χ2v) is 7.90. The van der Waals surface area contributed by atoms with Gasteiger partial charge in [0.15, 0.2) is 9.84 Å². The molecule has 1 aliphatic heterocycles. The van der Waals surface area contributed by atoms with Crippen molar-refractivity contribution in [3.05, 3.63) is 0 Å². The van der Waals surface area contributed by atoms with E-state index < -0.39 is 9.84 Å². The maximum Gasteiger partial charge on any atom is 0.152 e. The molecule has 2 unspecified atom stereocenters. The number of rotatable bonds is 4. The summed E-state index contributed by atoms with van der Waals surface area (Å²) in [6, 6.07) is 0.340. The van der Waals surface area contributed by atoms with E-state index in [1.54, 1.807) is 0 Å². The average molecular weight is 262 g/mol. The lowest BCUT2D eigenvalue weighted by Gasteiger charge is -2.47. The summed E-state index contributed by atoms with van der Waals surface area (Å²) in [6.45, 7) is 6.87. The Morgan fingerprint density at radius 3 is 2.35 bits per heavy atom. The highest BCUT2D eigenvalue weighted by atomic mass is 32.2. The quantitative estimate of drug-likeness (QED) is 0.816. The third-order valence-corrected chi connectivity index (χ3v) is 6.18. The van der Waals surface area contributed by atoms with Crippen molar-refractivity contribution in [3.63, 3.8) is 0 Å². The first-order chi connectivity index (χ1) is 7.74. The van der Waals surface area contributed by atoms with Gasteiger partial charge in [-0.2, -0.15) is 0 Å². The van der Waals surface area contributed by atoms with Crippen LogP contribution in [0, 0.1) is 5.92 Å². The fraction of sp³-hybridized carbons (Fsp3) is 1.00. The second kappa shape index (κ2) is 5.24. The second-order valence-electron chi connectivity index (χ2n) is 5.72. The highest BCUT2D eigenvalue weighted by Crippen LogP contribution is 2.30. The zero-order valence-electron chi connectivity index (χ0n) is 11.4. The Labute approximate surface area is 105 Å². The molecule has 2 atom stereocenters. The van der Waals surface area contributed by atoms with Crippen LogP contribution in [0.4, 0.5) is 0 Å². The molecule has 5 heteroatoms. The molecule has 0 aromatic rings. The van der Waals surface area contributed by atoms with E-state index in [0.29, 0.717) is 24.3 Å². The van der Waals surface area contributed by atoms with Crippen LogP contribution < -0.4 is 5.73 Å². The third-order valence-electron chi connectivity index (χ3n) is 4.29. The molecule has 0 aliphatic carbocycles. The summed E-state index contributed by atoms with van der Waals surface area (Å²) in [6.07, 6.45) is 1.62. The standard InChI is InChI=1S/C12H26N2O2S/c1-10(2)11(3)14(4)12(8-13)6-5-7-17(15,16)9-12/h10-11H,5-9,13H2,1-4H3. The van der Waals surface area contributed by atoms with Gasteiger partial charge in [-0.25, -0.2) is 8.42 Å². The Morgan fingerprint density at radius 1 is 1.35 bits per heavy atom. The molecule has 1 aliphatic rings. The smallest absolute Gasteiger partial charge is 0.152 e. The minimum Gasteiger partial charge on any atom is -0.329 e. The Morgan fingerprint density at radius 2 is 1.94 bits per heavy atom. The molecular weight excluding hydrogens is 236 g/mol. The predicted molar refractivity (Wildman–Crippen MR) is 71.7 cm³/mol. The van der Waals surface area contributed by atoms with Crippen LogP contribution in [0.5, 0.6) is 0 Å². The summed E-state index contributed by atoms with van der Waals surface area (Å²) >= 11 is 0. The number of hydrogen-bond acceptors (Lipinski definition) is 4. The number of hydrogen-bond donors (Lipinski definition) is 1. The Hall–Kier alpha value is -0.130. The zero-order chi connectivity index (χ0) is 13.3. The summed E-state index contributed by atoms with van der Waals surface area (Å²) in [5.41, 5.74) is 5.53. The van der Waals surface area contributed by atoms with Gasteiger partial charge in [-0.1, -0.05) is 13.8 Å². The van der Waals surface area contributed by atoms with E-state index in [2.05, 4.69) is 25.7 Å². The topological polar surface area (TPSA) is 63.4 Å². The summed E-state index contributed by atoms with van der Waals surface area (Å²) in [4.78, 5) is 2.19. The zero-order valence-corrected chi connectivity index (χ0v) is 12.3. The van der Waals surface area contributed by atoms with Crippen molar-refractivity contribution in [2.24, 2.45) is 11.7 Å². The van der Waals surface area contributed by atoms with Gasteiger partial charge in [-0.15, -0.1) is 0 Å².